The molecule has 1 rings (SSSR count). The van der Waals surface area contributed by atoms with Crippen LogP contribution in [0.3, 0.4) is 0 Å². The van der Waals surface area contributed by atoms with Crippen LogP contribution in [-0.4, -0.2) is 4.57 Å². The van der Waals surface area contributed by atoms with Gasteiger partial charge in [-0.2, -0.15) is 0 Å². The third-order valence-corrected chi connectivity index (χ3v) is 2.72. The summed E-state index contributed by atoms with van der Waals surface area (Å²) in [6.45, 7) is 5.67. The van der Waals surface area contributed by atoms with E-state index in [-0.39, 0.29) is 0 Å². The van der Waals surface area contributed by atoms with Crippen molar-refractivity contribution in [1.82, 2.24) is 4.57 Å². The molecule has 0 bridgehead atoms. The summed E-state index contributed by atoms with van der Waals surface area (Å²) < 4.78 is 4.66. The summed E-state index contributed by atoms with van der Waals surface area (Å²) in [4.78, 5) is 0. The number of aromatic nitrogens is 2. The molecule has 1 aromatic rings. The van der Waals surface area contributed by atoms with E-state index in [4.69, 9.17) is 0 Å². The van der Waals surface area contributed by atoms with Gasteiger partial charge in [0.05, 0.1) is 13.6 Å². The third-order valence-electron chi connectivity index (χ3n) is 2.72. The first-order chi connectivity index (χ1) is 6.79. The van der Waals surface area contributed by atoms with E-state index in [0.717, 1.165) is 0 Å². The van der Waals surface area contributed by atoms with Crippen LogP contribution < -0.4 is 4.57 Å². The zero-order valence-electron chi connectivity index (χ0n) is 9.79. The van der Waals surface area contributed by atoms with E-state index in [2.05, 4.69) is 42.4 Å². The van der Waals surface area contributed by atoms with Crippen molar-refractivity contribution in [2.24, 2.45) is 7.05 Å². The largest absolute Gasteiger partial charge is 0.256 e. The molecule has 0 saturated carbocycles. The predicted molar refractivity (Wildman–Crippen MR) is 59.1 cm³/mol. The highest BCUT2D eigenvalue weighted by molar-refractivity contribution is 4.82. The van der Waals surface area contributed by atoms with Crippen molar-refractivity contribution in [2.75, 3.05) is 0 Å². The van der Waals surface area contributed by atoms with Crippen LogP contribution in [0.4, 0.5) is 0 Å². The molecule has 0 saturated heterocycles. The lowest BCUT2D eigenvalue weighted by Gasteiger charge is -2.01. The van der Waals surface area contributed by atoms with Gasteiger partial charge in [-0.05, 0) is 12.8 Å². The van der Waals surface area contributed by atoms with Crippen molar-refractivity contribution in [3.8, 4) is 0 Å². The first-order valence-corrected chi connectivity index (χ1v) is 5.83. The highest BCUT2D eigenvalue weighted by Gasteiger charge is 2.12. The second-order valence-corrected chi connectivity index (χ2v) is 3.98. The second kappa shape index (κ2) is 5.84. The fourth-order valence-corrected chi connectivity index (χ4v) is 1.74. The van der Waals surface area contributed by atoms with Crippen LogP contribution in [0.1, 0.15) is 45.4 Å². The maximum absolute atomic E-state index is 2.40. The minimum atomic E-state index is 1.18. The highest BCUT2D eigenvalue weighted by Crippen LogP contribution is 2.00. The molecule has 1 aromatic heterocycles. The average molecular weight is 195 g/mol. The number of aryl methyl sites for hydroxylation is 2. The van der Waals surface area contributed by atoms with Crippen LogP contribution in [0.25, 0.3) is 0 Å². The Morgan fingerprint density at radius 2 is 1.93 bits per heavy atom. The fraction of sp³-hybridized carbons (Fsp3) is 0.750. The Kier molecular flexibility index (Phi) is 4.71. The van der Waals surface area contributed by atoms with E-state index < -0.39 is 0 Å². The zero-order chi connectivity index (χ0) is 10.4. The lowest BCUT2D eigenvalue weighted by molar-refractivity contribution is -0.704. The van der Waals surface area contributed by atoms with Crippen LogP contribution in [0, 0.1) is 0 Å². The molecule has 2 nitrogen and oxygen atoms in total. The first-order valence-electron chi connectivity index (χ1n) is 5.83. The summed E-state index contributed by atoms with van der Waals surface area (Å²) >= 11 is 0. The monoisotopic (exact) mass is 195 g/mol. The van der Waals surface area contributed by atoms with Crippen molar-refractivity contribution in [3.63, 3.8) is 0 Å². The molecule has 0 N–H and O–H groups in total. The molecule has 0 spiro atoms. The van der Waals surface area contributed by atoms with Gasteiger partial charge >= 0.3 is 0 Å². The van der Waals surface area contributed by atoms with Crippen LogP contribution in [0.15, 0.2) is 12.4 Å². The minimum Gasteiger partial charge on any atom is -0.237 e. The zero-order valence-corrected chi connectivity index (χ0v) is 9.79. The van der Waals surface area contributed by atoms with E-state index in [1.807, 2.05) is 0 Å². The van der Waals surface area contributed by atoms with Crippen molar-refractivity contribution < 1.29 is 4.57 Å². The van der Waals surface area contributed by atoms with E-state index >= 15 is 0 Å². The third kappa shape index (κ3) is 2.86. The van der Waals surface area contributed by atoms with Gasteiger partial charge in [-0.3, -0.25) is 0 Å². The van der Waals surface area contributed by atoms with E-state index in [1.165, 1.54) is 44.5 Å². The summed E-state index contributed by atoms with van der Waals surface area (Å²) in [7, 11) is 2.15. The molecule has 80 valence electrons. The Morgan fingerprint density at radius 3 is 2.57 bits per heavy atom. The first kappa shape index (κ1) is 11.3. The number of unbranched alkanes of at least 4 members (excludes halogenated alkanes) is 2. The molecule has 0 aliphatic carbocycles. The van der Waals surface area contributed by atoms with Gasteiger partial charge in [-0.1, -0.05) is 26.7 Å². The number of nitrogens with zero attached hydrogens (tertiary/aromatic N) is 2. The van der Waals surface area contributed by atoms with Gasteiger partial charge in [0.1, 0.15) is 12.4 Å². The Balaban J connectivity index is 2.62. The van der Waals surface area contributed by atoms with Crippen LogP contribution in [0.2, 0.25) is 0 Å². The van der Waals surface area contributed by atoms with Crippen LogP contribution in [0.5, 0.6) is 0 Å². The molecule has 0 radical (unpaired) electrons. The van der Waals surface area contributed by atoms with E-state index in [1.54, 1.807) is 0 Å². The van der Waals surface area contributed by atoms with Gasteiger partial charge in [0.15, 0.2) is 0 Å². The fourth-order valence-electron chi connectivity index (χ4n) is 1.74. The summed E-state index contributed by atoms with van der Waals surface area (Å²) in [5.74, 6) is 1.47. The molecule has 0 fully saturated rings. The van der Waals surface area contributed by atoms with E-state index in [9.17, 15) is 0 Å². The molecule has 0 amide bonds. The van der Waals surface area contributed by atoms with Gasteiger partial charge in [0, 0.05) is 6.42 Å². The highest BCUT2D eigenvalue weighted by atomic mass is 15.1. The molecule has 0 aromatic carbocycles. The van der Waals surface area contributed by atoms with E-state index in [0.29, 0.717) is 0 Å². The quantitative estimate of drug-likeness (QED) is 0.617. The Bertz CT molecular complexity index is 263. The Hall–Kier alpha value is -0.790. The molecule has 14 heavy (non-hydrogen) atoms. The molecular weight excluding hydrogens is 172 g/mol. The van der Waals surface area contributed by atoms with Crippen LogP contribution >= 0.6 is 0 Å². The smallest absolute Gasteiger partial charge is 0.237 e. The summed E-state index contributed by atoms with van der Waals surface area (Å²) in [5, 5.41) is 0. The Morgan fingerprint density at radius 1 is 1.21 bits per heavy atom. The van der Waals surface area contributed by atoms with Crippen molar-refractivity contribution in [3.05, 3.63) is 18.2 Å². The van der Waals surface area contributed by atoms with Crippen LogP contribution in [-0.2, 0) is 20.0 Å². The number of imidazole rings is 1. The predicted octanol–water partition coefficient (Wildman–Crippen LogP) is 2.46. The molecular formula is C12H23N2+. The lowest BCUT2D eigenvalue weighted by atomic mass is 10.2. The molecule has 0 aliphatic rings. The van der Waals surface area contributed by atoms with Crippen molar-refractivity contribution in [2.45, 2.75) is 52.5 Å². The second-order valence-electron chi connectivity index (χ2n) is 3.98. The maximum atomic E-state index is 2.40. The standard InChI is InChI=1S/C12H23N2/c1-4-6-8-12-13(3)10-11-14(12)9-7-5-2/h10-11H,4-9H2,1-3H3/q+1. The summed E-state index contributed by atoms with van der Waals surface area (Å²) in [5.41, 5.74) is 0. The number of rotatable bonds is 6. The van der Waals surface area contributed by atoms with Gasteiger partial charge in [0.2, 0.25) is 0 Å². The van der Waals surface area contributed by atoms with Crippen molar-refractivity contribution in [1.29, 1.82) is 0 Å². The molecule has 0 unspecified atom stereocenters. The maximum Gasteiger partial charge on any atom is 0.256 e. The topological polar surface area (TPSA) is 8.81 Å². The SMILES string of the molecule is CCCCc1n(C)cc[n+]1CCCC. The minimum absolute atomic E-state index is 1.18. The van der Waals surface area contributed by atoms with Gasteiger partial charge in [-0.25, -0.2) is 9.13 Å². The van der Waals surface area contributed by atoms with Gasteiger partial charge in [0.25, 0.3) is 5.82 Å². The summed E-state index contributed by atoms with van der Waals surface area (Å²) in [6.07, 6.45) is 10.7. The Labute approximate surface area is 87.6 Å². The average Bonchev–Trinajstić information content (AvgIpc) is 2.53. The molecule has 2 heteroatoms. The van der Waals surface area contributed by atoms with Gasteiger partial charge < -0.3 is 0 Å². The van der Waals surface area contributed by atoms with Crippen molar-refractivity contribution >= 4 is 0 Å². The lowest BCUT2D eigenvalue weighted by Crippen LogP contribution is -2.37. The number of hydrogen-bond acceptors (Lipinski definition) is 0. The molecule has 1 heterocycles. The summed E-state index contributed by atoms with van der Waals surface area (Å²) in [6, 6.07) is 0. The number of hydrogen-bond donors (Lipinski definition) is 0. The molecule has 0 atom stereocenters. The normalized spacial score (nSPS) is 10.8. The van der Waals surface area contributed by atoms with Gasteiger partial charge in [-0.15, -0.1) is 0 Å². The molecule has 0 aliphatic heterocycles.